The molecule has 1 saturated carbocycles. The Morgan fingerprint density at radius 2 is 1.65 bits per heavy atom. The van der Waals surface area contributed by atoms with Crippen LogP contribution >= 0.6 is 0 Å². The van der Waals surface area contributed by atoms with Crippen molar-refractivity contribution in [3.8, 4) is 11.5 Å². The molecule has 1 aromatic carbocycles. The molecule has 3 aliphatic carbocycles. The normalized spacial score (nSPS) is 23.5. The molecule has 4 rings (SSSR count). The molecule has 1 radical (unpaired) electrons. The van der Waals surface area contributed by atoms with Gasteiger partial charge in [0.05, 0.1) is 0 Å². The molecular weight excluding hydrogens is 256 g/mol. The van der Waals surface area contributed by atoms with Crippen LogP contribution in [0.25, 0.3) is 0 Å². The van der Waals surface area contributed by atoms with E-state index in [0.717, 1.165) is 42.4 Å². The van der Waals surface area contributed by atoms with Gasteiger partial charge in [0.15, 0.2) is 12.4 Å². The van der Waals surface area contributed by atoms with Crippen molar-refractivity contribution in [1.29, 1.82) is 0 Å². The molecule has 0 amide bonds. The zero-order valence-electron chi connectivity index (χ0n) is 11.9. The first kappa shape index (κ1) is 13.3. The Balaban J connectivity index is 2.16. The molecule has 1 fully saturated rings. The van der Waals surface area contributed by atoms with Crippen LogP contribution in [0.1, 0.15) is 59.8 Å². The maximum atomic E-state index is 12.5. The molecule has 4 heteroatoms. The maximum Gasteiger partial charge on any atom is 0.341 e. The van der Waals surface area contributed by atoms with Gasteiger partial charge < -0.3 is 9.84 Å². The third-order valence-corrected chi connectivity index (χ3v) is 4.91. The first-order valence-corrected chi connectivity index (χ1v) is 7.19. The monoisotopic (exact) mass is 275 g/mol. The Kier molecular flexibility index (Phi) is 3.11. The molecule has 0 spiro atoms. The van der Waals surface area contributed by atoms with Crippen LogP contribution in [-0.2, 0) is 9.90 Å². The van der Waals surface area contributed by atoms with Crippen LogP contribution in [0.3, 0.4) is 0 Å². The summed E-state index contributed by atoms with van der Waals surface area (Å²) in [6, 6.07) is 0. The van der Waals surface area contributed by atoms with Gasteiger partial charge in [-0.3, -0.25) is 5.11 Å². The molecule has 20 heavy (non-hydrogen) atoms. The molecule has 0 saturated heterocycles. The summed E-state index contributed by atoms with van der Waals surface area (Å²) in [4.78, 5) is 10.8. The van der Waals surface area contributed by atoms with E-state index >= 15 is 0 Å². The molecule has 0 unspecified atom stereocenters. The van der Waals surface area contributed by atoms with Crippen molar-refractivity contribution in [2.45, 2.75) is 51.4 Å². The molecule has 4 nitrogen and oxygen atoms in total. The second kappa shape index (κ2) is 4.69. The van der Waals surface area contributed by atoms with E-state index < -0.39 is 5.97 Å². The van der Waals surface area contributed by atoms with Gasteiger partial charge in [-0.15, -0.1) is 0 Å². The number of rotatable bonds is 3. The summed E-state index contributed by atoms with van der Waals surface area (Å²) >= 11 is 0. The fourth-order valence-corrected chi connectivity index (χ4v) is 3.79. The van der Waals surface area contributed by atoms with E-state index in [1.54, 1.807) is 0 Å². The lowest BCUT2D eigenvalue weighted by Gasteiger charge is -2.40. The predicted molar refractivity (Wildman–Crippen MR) is 73.1 cm³/mol. The molecule has 0 aromatic heterocycles. The van der Waals surface area contributed by atoms with Gasteiger partial charge in [-0.25, -0.2) is 4.79 Å². The highest BCUT2D eigenvalue weighted by atomic mass is 16.5. The standard InChI is InChI=1S/C16H19O4/c1-8-9(2)16(20-7-12(17)18)14-11-5-3-10(4-6-11)13(14)15(8)19/h10-11H,3-7H2,1-2H3,(H,17,18). The van der Waals surface area contributed by atoms with Crippen LogP contribution in [0, 0.1) is 13.8 Å². The summed E-state index contributed by atoms with van der Waals surface area (Å²) in [7, 11) is 0. The number of carbonyl (C=O) groups is 1. The van der Waals surface area contributed by atoms with Gasteiger partial charge in [-0.2, -0.15) is 0 Å². The van der Waals surface area contributed by atoms with E-state index in [0.29, 0.717) is 23.1 Å². The van der Waals surface area contributed by atoms with Crippen molar-refractivity contribution < 1.29 is 19.7 Å². The number of carboxylic acid groups (broad SMARTS) is 1. The van der Waals surface area contributed by atoms with E-state index in [9.17, 15) is 9.90 Å². The van der Waals surface area contributed by atoms with Crippen LogP contribution in [-0.4, -0.2) is 17.7 Å². The Labute approximate surface area is 118 Å². The molecule has 0 heterocycles. The fraction of sp³-hybridized carbons (Fsp3) is 0.562. The van der Waals surface area contributed by atoms with Crippen molar-refractivity contribution in [3.05, 3.63) is 22.3 Å². The second-order valence-corrected chi connectivity index (χ2v) is 5.97. The van der Waals surface area contributed by atoms with Gasteiger partial charge in [-0.05, 0) is 56.9 Å². The third kappa shape index (κ3) is 1.86. The largest absolute Gasteiger partial charge is 0.481 e. The average Bonchev–Trinajstić information content (AvgIpc) is 2.45. The quantitative estimate of drug-likeness (QED) is 0.915. The Morgan fingerprint density at radius 1 is 1.10 bits per heavy atom. The fourth-order valence-electron chi connectivity index (χ4n) is 3.79. The number of ether oxygens (including phenoxy) is 1. The van der Waals surface area contributed by atoms with Crippen molar-refractivity contribution in [3.63, 3.8) is 0 Å². The van der Waals surface area contributed by atoms with E-state index in [1.807, 2.05) is 13.8 Å². The molecule has 1 aromatic rings. The highest BCUT2D eigenvalue weighted by Crippen LogP contribution is 2.57. The van der Waals surface area contributed by atoms with Gasteiger partial charge in [0.1, 0.15) is 5.75 Å². The lowest BCUT2D eigenvalue weighted by Crippen LogP contribution is -2.24. The average molecular weight is 275 g/mol. The van der Waals surface area contributed by atoms with Crippen molar-refractivity contribution in [1.82, 2.24) is 0 Å². The minimum atomic E-state index is -0.983. The van der Waals surface area contributed by atoms with Crippen molar-refractivity contribution in [2.24, 2.45) is 0 Å². The van der Waals surface area contributed by atoms with Gasteiger partial charge >= 0.3 is 5.97 Å². The molecule has 0 aliphatic heterocycles. The zero-order valence-corrected chi connectivity index (χ0v) is 11.9. The van der Waals surface area contributed by atoms with Crippen LogP contribution in [0.2, 0.25) is 0 Å². The molecular formula is C16H19O4. The number of hydrogen-bond acceptors (Lipinski definition) is 2. The summed E-state index contributed by atoms with van der Waals surface area (Å²) < 4.78 is 5.55. The highest BCUT2D eigenvalue weighted by Gasteiger charge is 2.39. The number of carboxylic acids is 1. The van der Waals surface area contributed by atoms with Crippen LogP contribution in [0.15, 0.2) is 0 Å². The number of benzene rings is 1. The molecule has 0 atom stereocenters. The molecule has 2 bridgehead atoms. The van der Waals surface area contributed by atoms with Gasteiger partial charge in [0, 0.05) is 16.7 Å². The number of fused-ring (bicyclic) bond motifs is 2. The molecule has 3 aliphatic rings. The van der Waals surface area contributed by atoms with Gasteiger partial charge in [0.25, 0.3) is 0 Å². The summed E-state index contributed by atoms with van der Waals surface area (Å²) in [6.07, 6.45) is 4.33. The van der Waals surface area contributed by atoms with E-state index in [1.165, 1.54) is 0 Å². The van der Waals surface area contributed by atoms with Gasteiger partial charge in [-0.1, -0.05) is 0 Å². The Hall–Kier alpha value is -1.71. The Morgan fingerprint density at radius 3 is 2.20 bits per heavy atom. The summed E-state index contributed by atoms with van der Waals surface area (Å²) in [5, 5.41) is 21.4. The predicted octanol–water partition coefficient (Wildman–Crippen LogP) is 3.67. The van der Waals surface area contributed by atoms with Crippen LogP contribution in [0.5, 0.6) is 11.5 Å². The maximum absolute atomic E-state index is 12.5. The Bertz CT molecular complexity index is 569. The SMILES string of the molecule is Cc1c(C)c(OCC(=O)O)c2c(c1[O])C1CCC2CC1. The molecule has 107 valence electrons. The minimum absolute atomic E-state index is 0.148. The molecule has 1 N–H and O–H groups in total. The van der Waals surface area contributed by atoms with E-state index in [4.69, 9.17) is 9.84 Å². The lowest BCUT2D eigenvalue weighted by atomic mass is 9.65. The first-order valence-electron chi connectivity index (χ1n) is 7.19. The van der Waals surface area contributed by atoms with Crippen LogP contribution < -0.4 is 4.74 Å². The minimum Gasteiger partial charge on any atom is -0.481 e. The third-order valence-electron chi connectivity index (χ3n) is 4.91. The summed E-state index contributed by atoms with van der Waals surface area (Å²) in [5.74, 6) is 0.534. The van der Waals surface area contributed by atoms with Crippen LogP contribution in [0.4, 0.5) is 0 Å². The van der Waals surface area contributed by atoms with E-state index in [-0.39, 0.29) is 12.4 Å². The summed E-state index contributed by atoms with van der Waals surface area (Å²) in [5.41, 5.74) is 3.44. The van der Waals surface area contributed by atoms with Crippen molar-refractivity contribution in [2.75, 3.05) is 6.61 Å². The number of aliphatic carboxylic acids is 1. The van der Waals surface area contributed by atoms with Crippen molar-refractivity contribution >= 4 is 5.97 Å². The smallest absolute Gasteiger partial charge is 0.341 e. The second-order valence-electron chi connectivity index (χ2n) is 5.97. The summed E-state index contributed by atoms with van der Waals surface area (Å²) in [6.45, 7) is 3.33. The topological polar surface area (TPSA) is 66.4 Å². The highest BCUT2D eigenvalue weighted by molar-refractivity contribution is 5.69. The first-order chi connectivity index (χ1) is 9.50. The van der Waals surface area contributed by atoms with E-state index in [2.05, 4.69) is 0 Å². The number of hydrogen-bond donors (Lipinski definition) is 1. The zero-order chi connectivity index (χ0) is 14.4. The van der Waals surface area contributed by atoms with Gasteiger partial charge in [0.2, 0.25) is 0 Å². The lowest BCUT2D eigenvalue weighted by molar-refractivity contribution is -0.139.